The fourth-order valence-electron chi connectivity index (χ4n) is 1.29. The van der Waals surface area contributed by atoms with Crippen LogP contribution in [0.3, 0.4) is 0 Å². The molecule has 7 heteroatoms. The summed E-state index contributed by atoms with van der Waals surface area (Å²) in [7, 11) is 0. The molecule has 6 N–H and O–H groups in total. The second-order valence-electron chi connectivity index (χ2n) is 3.86. The van der Waals surface area contributed by atoms with Gasteiger partial charge in [-0.05, 0) is 34.6 Å². The zero-order valence-corrected chi connectivity index (χ0v) is 11.1. The summed E-state index contributed by atoms with van der Waals surface area (Å²) in [5.74, 6) is 0. The number of aliphatic hydroxyl groups is 5. The Labute approximate surface area is 102 Å². The van der Waals surface area contributed by atoms with E-state index in [1.54, 1.807) is 13.8 Å². The zero-order chi connectivity index (χ0) is 14.2. The Balaban J connectivity index is 0. The predicted molar refractivity (Wildman–Crippen MR) is 63.4 cm³/mol. The van der Waals surface area contributed by atoms with Crippen molar-refractivity contribution >= 4 is 0 Å². The van der Waals surface area contributed by atoms with Gasteiger partial charge >= 0.3 is 0 Å². The lowest BCUT2D eigenvalue weighted by atomic mass is 10.4. The highest BCUT2D eigenvalue weighted by atomic mass is 16.4. The van der Waals surface area contributed by atoms with Crippen LogP contribution in [0.15, 0.2) is 0 Å². The van der Waals surface area contributed by atoms with E-state index in [1.165, 1.54) is 25.7 Å². The van der Waals surface area contributed by atoms with Crippen LogP contribution in [0.4, 0.5) is 0 Å². The summed E-state index contributed by atoms with van der Waals surface area (Å²) in [5, 5.41) is 46.2. The number of nitrogens with one attached hydrogen (secondary N) is 1. The van der Waals surface area contributed by atoms with Crippen LogP contribution in [-0.2, 0) is 0 Å². The maximum atomic E-state index is 8.96. The Morgan fingerprint density at radius 3 is 0.882 bits per heavy atom. The minimum Gasteiger partial charge on any atom is -0.379 e. The number of aliphatic hydroxyl groups excluding tert-OH is 5. The number of hydrogen-bond acceptors (Lipinski definition) is 7. The minimum atomic E-state index is -0.833. The molecule has 17 heavy (non-hydrogen) atoms. The normalized spacial score (nSPS) is 19.9. The van der Waals surface area contributed by atoms with Crippen molar-refractivity contribution in [1.29, 1.82) is 0 Å². The highest BCUT2D eigenvalue weighted by molar-refractivity contribution is 4.58. The molecule has 0 amide bonds. The lowest BCUT2D eigenvalue weighted by Gasteiger charge is -2.30. The molecule has 0 aromatic heterocycles. The molecule has 0 aromatic carbocycles. The van der Waals surface area contributed by atoms with Gasteiger partial charge < -0.3 is 25.5 Å². The average Bonchev–Trinajstić information content (AvgIpc) is 1.97. The summed E-state index contributed by atoms with van der Waals surface area (Å²) in [4.78, 5) is 1.17. The molecule has 0 aliphatic rings. The van der Waals surface area contributed by atoms with Crippen molar-refractivity contribution in [3.63, 3.8) is 0 Å². The maximum absolute atomic E-state index is 8.96. The molecule has 7 nitrogen and oxygen atoms in total. The maximum Gasteiger partial charge on any atom is 0.108 e. The molecule has 0 saturated carbocycles. The van der Waals surface area contributed by atoms with E-state index >= 15 is 0 Å². The van der Waals surface area contributed by atoms with Gasteiger partial charge in [0.1, 0.15) is 31.1 Å². The highest BCUT2D eigenvalue weighted by Gasteiger charge is 2.20. The third-order valence-electron chi connectivity index (χ3n) is 1.78. The first kappa shape index (κ1) is 19.1. The van der Waals surface area contributed by atoms with Crippen LogP contribution >= 0.6 is 0 Å². The van der Waals surface area contributed by atoms with Crippen molar-refractivity contribution in [3.8, 4) is 0 Å². The van der Waals surface area contributed by atoms with Gasteiger partial charge in [0.25, 0.3) is 0 Å². The lowest BCUT2D eigenvalue weighted by molar-refractivity contribution is -0.159. The van der Waals surface area contributed by atoms with Gasteiger partial charge in [-0.2, -0.15) is 0 Å². The molecule has 0 rings (SSSR count). The monoisotopic (exact) mass is 254 g/mol. The highest BCUT2D eigenvalue weighted by Crippen LogP contribution is 2.04. The molecule has 0 heterocycles. The van der Waals surface area contributed by atoms with Crippen LogP contribution in [0.25, 0.3) is 0 Å². The van der Waals surface area contributed by atoms with Gasteiger partial charge in [-0.15, -0.1) is 0 Å². The molecule has 0 radical (unpaired) electrons. The topological polar surface area (TPSA) is 116 Å². The number of nitrogens with zero attached hydrogens (tertiary/aromatic N) is 1. The van der Waals surface area contributed by atoms with Gasteiger partial charge in [0, 0.05) is 0 Å². The van der Waals surface area contributed by atoms with Crippen molar-refractivity contribution in [1.82, 2.24) is 10.2 Å². The van der Waals surface area contributed by atoms with E-state index in [1.807, 2.05) is 0 Å². The summed E-state index contributed by atoms with van der Waals surface area (Å²) < 4.78 is 0. The van der Waals surface area contributed by atoms with Gasteiger partial charge in [0.05, 0.1) is 0 Å². The molecular weight excluding hydrogens is 228 g/mol. The molecule has 0 saturated heterocycles. The van der Waals surface area contributed by atoms with E-state index in [9.17, 15) is 0 Å². The first-order valence-corrected chi connectivity index (χ1v) is 5.53. The molecule has 0 aromatic rings. The SMILES string of the molecule is CC(O)N(C(C)O)C(C)O.CC(O)NC(C)O. The lowest BCUT2D eigenvalue weighted by Crippen LogP contribution is -2.45. The standard InChI is InChI=1S/C6H15NO3.C4H11NO2/c1-4(8)7(5(2)9)6(3)10;1-3(6)5-4(2)7/h4-6,8-10H,1-3H3;3-7H,1-2H3. The van der Waals surface area contributed by atoms with Crippen molar-refractivity contribution in [2.45, 2.75) is 65.8 Å². The molecule has 0 spiro atoms. The molecule has 0 fully saturated rings. The van der Waals surface area contributed by atoms with E-state index in [2.05, 4.69) is 5.32 Å². The predicted octanol–water partition coefficient (Wildman–Crippen LogP) is -1.44. The molecule has 5 unspecified atom stereocenters. The van der Waals surface area contributed by atoms with Gasteiger partial charge in [0.2, 0.25) is 0 Å². The first-order valence-electron chi connectivity index (χ1n) is 5.53. The van der Waals surface area contributed by atoms with Crippen molar-refractivity contribution in [2.24, 2.45) is 0 Å². The number of rotatable bonds is 5. The van der Waals surface area contributed by atoms with Crippen LogP contribution < -0.4 is 5.32 Å². The van der Waals surface area contributed by atoms with Crippen LogP contribution in [0.5, 0.6) is 0 Å². The molecule has 5 atom stereocenters. The second kappa shape index (κ2) is 9.72. The third kappa shape index (κ3) is 12.0. The summed E-state index contributed by atoms with van der Waals surface area (Å²) >= 11 is 0. The smallest absolute Gasteiger partial charge is 0.108 e. The number of hydrogen-bond donors (Lipinski definition) is 6. The summed E-state index contributed by atoms with van der Waals surface area (Å²) in [6.07, 6.45) is -3.75. The van der Waals surface area contributed by atoms with Crippen LogP contribution in [0, 0.1) is 0 Å². The fourth-order valence-corrected chi connectivity index (χ4v) is 1.29. The second-order valence-corrected chi connectivity index (χ2v) is 3.86. The van der Waals surface area contributed by atoms with Gasteiger partial charge in [-0.1, -0.05) is 0 Å². The Bertz CT molecular complexity index is 149. The first-order chi connectivity index (χ1) is 7.59. The Morgan fingerprint density at radius 2 is 0.882 bits per heavy atom. The molecule has 0 bridgehead atoms. The van der Waals surface area contributed by atoms with Crippen LogP contribution in [0.2, 0.25) is 0 Å². The van der Waals surface area contributed by atoms with E-state index in [0.29, 0.717) is 0 Å². The quantitative estimate of drug-likeness (QED) is 0.333. The minimum absolute atomic E-state index is 0.625. The summed E-state index contributed by atoms with van der Waals surface area (Å²) in [6.45, 7) is 7.55. The Kier molecular flexibility index (Phi) is 10.9. The Hall–Kier alpha value is -0.280. The van der Waals surface area contributed by atoms with E-state index < -0.39 is 31.1 Å². The molecule has 0 aliphatic carbocycles. The molecular formula is C10H26N2O5. The van der Waals surface area contributed by atoms with Gasteiger partial charge in [-0.25, -0.2) is 4.90 Å². The van der Waals surface area contributed by atoms with E-state index in [-0.39, 0.29) is 0 Å². The molecule has 0 aliphatic heterocycles. The van der Waals surface area contributed by atoms with E-state index in [4.69, 9.17) is 25.5 Å². The summed E-state index contributed by atoms with van der Waals surface area (Å²) in [6, 6.07) is 0. The van der Waals surface area contributed by atoms with Crippen molar-refractivity contribution < 1.29 is 25.5 Å². The average molecular weight is 254 g/mol. The van der Waals surface area contributed by atoms with Crippen LogP contribution in [0.1, 0.15) is 34.6 Å². The summed E-state index contributed by atoms with van der Waals surface area (Å²) in [5.41, 5.74) is 0. The van der Waals surface area contributed by atoms with Gasteiger partial charge in [-0.3, -0.25) is 5.32 Å². The zero-order valence-electron chi connectivity index (χ0n) is 11.1. The van der Waals surface area contributed by atoms with Crippen molar-refractivity contribution in [3.05, 3.63) is 0 Å². The Morgan fingerprint density at radius 1 is 0.647 bits per heavy atom. The largest absolute Gasteiger partial charge is 0.379 e. The van der Waals surface area contributed by atoms with E-state index in [0.717, 1.165) is 0 Å². The molecule has 106 valence electrons. The van der Waals surface area contributed by atoms with Gasteiger partial charge in [0.15, 0.2) is 0 Å². The van der Waals surface area contributed by atoms with Crippen molar-refractivity contribution in [2.75, 3.05) is 0 Å². The third-order valence-corrected chi connectivity index (χ3v) is 1.78. The van der Waals surface area contributed by atoms with Crippen LogP contribution in [-0.4, -0.2) is 61.6 Å². The fraction of sp³-hybridized carbons (Fsp3) is 1.00.